The molecule has 13 heavy (non-hydrogen) atoms. The van der Waals surface area contributed by atoms with E-state index in [0.717, 1.165) is 0 Å². The fourth-order valence-electron chi connectivity index (χ4n) is 0.781. The molecule has 0 fully saturated rings. The van der Waals surface area contributed by atoms with Gasteiger partial charge in [0.15, 0.2) is 0 Å². The van der Waals surface area contributed by atoms with Gasteiger partial charge in [-0.05, 0) is 0 Å². The van der Waals surface area contributed by atoms with Gasteiger partial charge < -0.3 is 9.47 Å². The minimum absolute atomic E-state index is 0.402. The van der Waals surface area contributed by atoms with Crippen LogP contribution in [0.2, 0.25) is 0 Å². The lowest BCUT2D eigenvalue weighted by molar-refractivity contribution is 0.372. The first-order valence-corrected chi connectivity index (χ1v) is 3.70. The second kappa shape index (κ2) is 4.46. The summed E-state index contributed by atoms with van der Waals surface area (Å²) < 4.78 is 9.89. The Balaban J connectivity index is 2.93. The van der Waals surface area contributed by atoms with E-state index in [9.17, 15) is 0 Å². The summed E-state index contributed by atoms with van der Waals surface area (Å²) in [5.41, 5.74) is 5.43. The van der Waals surface area contributed by atoms with E-state index in [1.54, 1.807) is 13.1 Å². The van der Waals surface area contributed by atoms with Gasteiger partial charge in [0.25, 0.3) is 0 Å². The van der Waals surface area contributed by atoms with Crippen molar-refractivity contribution in [1.29, 1.82) is 0 Å². The zero-order valence-electron chi connectivity index (χ0n) is 7.79. The fourth-order valence-corrected chi connectivity index (χ4v) is 0.781. The Labute approximate surface area is 76.3 Å². The van der Waals surface area contributed by atoms with E-state index in [1.807, 2.05) is 0 Å². The van der Waals surface area contributed by atoms with Gasteiger partial charge in [0.1, 0.15) is 0 Å². The molecule has 0 amide bonds. The molecule has 0 atom stereocenters. The van der Waals surface area contributed by atoms with Crippen molar-refractivity contribution in [1.82, 2.24) is 15.4 Å². The molecule has 6 heteroatoms. The lowest BCUT2D eigenvalue weighted by Gasteiger charge is -2.06. The molecule has 0 radical (unpaired) electrons. The average Bonchev–Trinajstić information content (AvgIpc) is 2.17. The molecule has 0 aromatic carbocycles. The summed E-state index contributed by atoms with van der Waals surface area (Å²) in [6, 6.07) is 1.60. The smallest absolute Gasteiger partial charge is 0.243 e. The van der Waals surface area contributed by atoms with E-state index in [-0.39, 0.29) is 0 Å². The van der Waals surface area contributed by atoms with Gasteiger partial charge in [0, 0.05) is 7.05 Å². The minimum atomic E-state index is 0.402. The number of anilines is 1. The third kappa shape index (κ3) is 2.45. The van der Waals surface area contributed by atoms with Gasteiger partial charge in [0.05, 0.1) is 20.3 Å². The summed E-state index contributed by atoms with van der Waals surface area (Å²) in [5, 5.41) is 0. The Hall–Kier alpha value is -1.56. The molecule has 0 spiro atoms. The number of hydrogen-bond acceptors (Lipinski definition) is 6. The molecule has 72 valence electrons. The third-order valence-corrected chi connectivity index (χ3v) is 1.33. The lowest BCUT2D eigenvalue weighted by atomic mass is 10.6. The second-order valence-corrected chi connectivity index (χ2v) is 2.15. The molecule has 1 aromatic rings. The molecule has 0 aliphatic heterocycles. The number of ether oxygens (including phenoxy) is 2. The predicted molar refractivity (Wildman–Crippen MR) is 47.8 cm³/mol. The standard InChI is InChI=1S/C7H12N4O2/c1-8-11-7-9-5(12-2)4-6(10-7)13-3/h4,8H,1-3H3,(H,9,10,11). The van der Waals surface area contributed by atoms with Crippen LogP contribution in [0, 0.1) is 0 Å². The topological polar surface area (TPSA) is 68.3 Å². The largest absolute Gasteiger partial charge is 0.481 e. The van der Waals surface area contributed by atoms with Crippen LogP contribution >= 0.6 is 0 Å². The molecule has 0 unspecified atom stereocenters. The van der Waals surface area contributed by atoms with Crippen LogP contribution in [0.25, 0.3) is 0 Å². The molecule has 0 saturated heterocycles. The normalized spacial score (nSPS) is 9.46. The van der Waals surface area contributed by atoms with E-state index in [0.29, 0.717) is 17.7 Å². The highest BCUT2D eigenvalue weighted by Crippen LogP contribution is 2.16. The van der Waals surface area contributed by atoms with E-state index in [2.05, 4.69) is 20.8 Å². The van der Waals surface area contributed by atoms with Crippen molar-refractivity contribution in [2.45, 2.75) is 0 Å². The molecular formula is C7H12N4O2. The number of methoxy groups -OCH3 is 2. The molecule has 6 nitrogen and oxygen atoms in total. The number of aromatic nitrogens is 2. The van der Waals surface area contributed by atoms with Crippen LogP contribution in [0.4, 0.5) is 5.95 Å². The van der Waals surface area contributed by atoms with Gasteiger partial charge >= 0.3 is 0 Å². The van der Waals surface area contributed by atoms with Crippen molar-refractivity contribution in [2.75, 3.05) is 26.7 Å². The maximum Gasteiger partial charge on any atom is 0.243 e. The second-order valence-electron chi connectivity index (χ2n) is 2.15. The number of hydrogen-bond donors (Lipinski definition) is 2. The number of nitrogens with zero attached hydrogens (tertiary/aromatic N) is 2. The molecule has 1 aromatic heterocycles. The molecule has 0 aliphatic carbocycles. The van der Waals surface area contributed by atoms with Crippen LogP contribution in [0.5, 0.6) is 11.8 Å². The highest BCUT2D eigenvalue weighted by Gasteiger charge is 2.03. The summed E-state index contributed by atoms with van der Waals surface area (Å²) in [7, 11) is 4.78. The van der Waals surface area contributed by atoms with E-state index in [1.165, 1.54) is 14.2 Å². The molecule has 0 bridgehead atoms. The van der Waals surface area contributed by atoms with Gasteiger partial charge in [-0.1, -0.05) is 0 Å². The average molecular weight is 184 g/mol. The maximum absolute atomic E-state index is 4.94. The highest BCUT2D eigenvalue weighted by molar-refractivity contribution is 5.32. The number of rotatable bonds is 4. The van der Waals surface area contributed by atoms with Crippen LogP contribution in [0.15, 0.2) is 6.07 Å². The Morgan fingerprint density at radius 3 is 2.08 bits per heavy atom. The van der Waals surface area contributed by atoms with Crippen LogP contribution in [-0.2, 0) is 0 Å². The quantitative estimate of drug-likeness (QED) is 0.644. The Morgan fingerprint density at radius 2 is 1.69 bits per heavy atom. The number of nitrogens with one attached hydrogen (secondary N) is 2. The van der Waals surface area contributed by atoms with Crippen molar-refractivity contribution in [3.63, 3.8) is 0 Å². The first-order valence-electron chi connectivity index (χ1n) is 3.70. The van der Waals surface area contributed by atoms with Crippen LogP contribution in [0.3, 0.4) is 0 Å². The van der Waals surface area contributed by atoms with Crippen LogP contribution < -0.4 is 20.3 Å². The van der Waals surface area contributed by atoms with Crippen molar-refractivity contribution < 1.29 is 9.47 Å². The fraction of sp³-hybridized carbons (Fsp3) is 0.429. The first kappa shape index (κ1) is 9.53. The lowest BCUT2D eigenvalue weighted by Crippen LogP contribution is -2.17. The Bertz CT molecular complexity index is 257. The third-order valence-electron chi connectivity index (χ3n) is 1.33. The summed E-state index contributed by atoms with van der Waals surface area (Å²) in [5.74, 6) is 1.30. The van der Waals surface area contributed by atoms with Gasteiger partial charge in [0.2, 0.25) is 17.7 Å². The van der Waals surface area contributed by atoms with Crippen molar-refractivity contribution in [3.8, 4) is 11.8 Å². The van der Waals surface area contributed by atoms with E-state index >= 15 is 0 Å². The summed E-state index contributed by atoms with van der Waals surface area (Å²) in [6.45, 7) is 0. The minimum Gasteiger partial charge on any atom is -0.481 e. The molecular weight excluding hydrogens is 172 g/mol. The summed E-state index contributed by atoms with van der Waals surface area (Å²) in [6.07, 6.45) is 0. The SMILES string of the molecule is CNNc1nc(OC)cc(OC)n1. The molecule has 0 aliphatic rings. The zero-order valence-corrected chi connectivity index (χ0v) is 7.79. The maximum atomic E-state index is 4.94. The van der Waals surface area contributed by atoms with Crippen LogP contribution in [-0.4, -0.2) is 31.2 Å². The van der Waals surface area contributed by atoms with Crippen molar-refractivity contribution in [3.05, 3.63) is 6.07 Å². The molecule has 0 saturated carbocycles. The van der Waals surface area contributed by atoms with Gasteiger partial charge in [-0.25, -0.2) is 5.43 Å². The highest BCUT2D eigenvalue weighted by atomic mass is 16.5. The van der Waals surface area contributed by atoms with Crippen molar-refractivity contribution in [2.24, 2.45) is 0 Å². The van der Waals surface area contributed by atoms with Crippen molar-refractivity contribution >= 4 is 5.95 Å². The summed E-state index contributed by atoms with van der Waals surface area (Å²) >= 11 is 0. The Morgan fingerprint density at radius 1 is 1.15 bits per heavy atom. The van der Waals surface area contributed by atoms with Gasteiger partial charge in [-0.2, -0.15) is 9.97 Å². The van der Waals surface area contributed by atoms with Gasteiger partial charge in [-0.3, -0.25) is 5.43 Å². The monoisotopic (exact) mass is 184 g/mol. The van der Waals surface area contributed by atoms with Gasteiger partial charge in [-0.15, -0.1) is 0 Å². The zero-order chi connectivity index (χ0) is 9.68. The van der Waals surface area contributed by atoms with Crippen LogP contribution in [0.1, 0.15) is 0 Å². The molecule has 1 heterocycles. The molecule has 2 N–H and O–H groups in total. The summed E-state index contributed by atoms with van der Waals surface area (Å²) in [4.78, 5) is 8.01. The van der Waals surface area contributed by atoms with E-state index < -0.39 is 0 Å². The first-order chi connectivity index (χ1) is 6.30. The molecule has 1 rings (SSSR count). The Kier molecular flexibility index (Phi) is 3.27. The number of hydrazine groups is 1. The van der Waals surface area contributed by atoms with E-state index in [4.69, 9.17) is 9.47 Å². The predicted octanol–water partition coefficient (Wildman–Crippen LogP) is 0.0401.